The predicted octanol–water partition coefficient (Wildman–Crippen LogP) is 15.1. The SMILES string of the molecule is CC(C)n1cnc2cc(-c3ccc4c(c3)N(C3CC(N5CCCCC5)C3)C(=O)C43CCN(C(=O)C4(C)CCOCC4)CC3)nc(Nc3ccncc3F)c21.CC(C)n1cnc2cc(Br)nc(Nc3ccncc3F)c21.CC1(C(=O)N2CCC3(CC2)C(=O)N(C2CC(N4CCCCC4)C2)c2cc(B4OC(C)(C)C(C)(C)O4)ccc23)CCOCC1. The number of halogens is 3. The second kappa shape index (κ2) is 32.5. The summed E-state index contributed by atoms with van der Waals surface area (Å²) in [6.45, 7) is 30.3. The third kappa shape index (κ3) is 15.1. The number of fused-ring (bicyclic) bond motifs is 6. The predicted molar refractivity (Wildman–Crippen MR) is 457 cm³/mol. The van der Waals surface area contributed by atoms with Gasteiger partial charge >= 0.3 is 7.12 Å². The smallest absolute Gasteiger partial charge is 0.399 e. The molecule has 626 valence electrons. The molecule has 0 bridgehead atoms. The van der Waals surface area contributed by atoms with Crippen LogP contribution in [0.1, 0.15) is 208 Å². The van der Waals surface area contributed by atoms with Gasteiger partial charge in [0, 0.05) is 118 Å². The minimum absolute atomic E-state index is 0.110. The number of piperidine rings is 4. The van der Waals surface area contributed by atoms with Gasteiger partial charge in [0.25, 0.3) is 0 Å². The minimum atomic E-state index is -0.670. The topological polar surface area (TPSA) is 236 Å². The van der Waals surface area contributed by atoms with Crippen molar-refractivity contribution < 1.29 is 46.7 Å². The molecule has 19 rings (SSSR count). The van der Waals surface area contributed by atoms with Crippen LogP contribution in [-0.4, -0.2) is 204 Å². The van der Waals surface area contributed by atoms with Crippen LogP contribution in [-0.2, 0) is 48.8 Å². The van der Waals surface area contributed by atoms with Crippen molar-refractivity contribution in [3.05, 3.63) is 125 Å². The van der Waals surface area contributed by atoms with Crippen LogP contribution in [0.25, 0.3) is 33.3 Å². The van der Waals surface area contributed by atoms with Crippen LogP contribution in [0.3, 0.4) is 0 Å². The van der Waals surface area contributed by atoms with Crippen LogP contribution < -0.4 is 25.9 Å². The van der Waals surface area contributed by atoms with Crippen molar-refractivity contribution in [1.82, 2.24) is 58.6 Å². The first-order valence-corrected chi connectivity index (χ1v) is 44.1. The molecule has 2 spiro atoms. The molecule has 0 radical (unpaired) electrons. The molecule has 11 aliphatic rings. The molecule has 6 aromatic heterocycles. The van der Waals surface area contributed by atoms with Gasteiger partial charge < -0.3 is 67.9 Å². The number of carbonyl (C=O) groups is 4. The fourth-order valence-corrected chi connectivity index (χ4v) is 20.7. The fraction of sp³-hybridized carbons (Fsp3) is 0.578. The summed E-state index contributed by atoms with van der Waals surface area (Å²) in [5.41, 5.74) is 7.62. The zero-order chi connectivity index (χ0) is 82.4. The summed E-state index contributed by atoms with van der Waals surface area (Å²) in [5.74, 6) is 0.993. The number of aromatic nitrogens is 8. The normalized spacial score (nSPS) is 24.3. The highest BCUT2D eigenvalue weighted by Gasteiger charge is 2.60. The molecule has 2 aliphatic carbocycles. The van der Waals surface area contributed by atoms with E-state index in [-0.39, 0.29) is 58.9 Å². The first kappa shape index (κ1) is 82.0. The number of ether oxygens (including phenoxy) is 2. The largest absolute Gasteiger partial charge is 0.494 e. The van der Waals surface area contributed by atoms with E-state index in [9.17, 15) is 28.0 Å². The molecule has 15 heterocycles. The van der Waals surface area contributed by atoms with Crippen molar-refractivity contribution in [3.63, 3.8) is 0 Å². The van der Waals surface area contributed by atoms with Crippen LogP contribution in [0.4, 0.5) is 43.2 Å². The highest BCUT2D eigenvalue weighted by atomic mass is 79.9. The molecule has 118 heavy (non-hydrogen) atoms. The van der Waals surface area contributed by atoms with Gasteiger partial charge in [-0.05, 0) is 253 Å². The molecule has 0 atom stereocenters. The first-order valence-electron chi connectivity index (χ1n) is 43.3. The minimum Gasteiger partial charge on any atom is -0.399 e. The van der Waals surface area contributed by atoms with Gasteiger partial charge in [0.1, 0.15) is 15.6 Å². The molecule has 2 saturated carbocycles. The Morgan fingerprint density at radius 3 is 1.38 bits per heavy atom. The van der Waals surface area contributed by atoms with Crippen molar-refractivity contribution in [2.45, 2.75) is 243 Å². The van der Waals surface area contributed by atoms with Gasteiger partial charge in [-0.25, -0.2) is 28.7 Å². The quantitative estimate of drug-likeness (QED) is 0.0760. The molecule has 7 saturated heterocycles. The van der Waals surface area contributed by atoms with E-state index in [1.54, 1.807) is 31.0 Å². The Morgan fingerprint density at radius 2 is 0.941 bits per heavy atom. The Hall–Kier alpha value is -8.38. The lowest BCUT2D eigenvalue weighted by molar-refractivity contribution is -0.149. The molecule has 24 nitrogen and oxygen atoms in total. The monoisotopic (exact) mass is 1670 g/mol. The lowest BCUT2D eigenvalue weighted by atomic mass is 9.71. The molecule has 8 aromatic rings. The zero-order valence-electron chi connectivity index (χ0n) is 70.2. The van der Waals surface area contributed by atoms with Gasteiger partial charge in [0.05, 0.1) is 86.0 Å². The van der Waals surface area contributed by atoms with Crippen LogP contribution >= 0.6 is 15.9 Å². The van der Waals surface area contributed by atoms with E-state index in [4.69, 9.17) is 28.8 Å². The Kier molecular flexibility index (Phi) is 22.6. The average molecular weight is 1680 g/mol. The number of hydrogen-bond acceptors (Lipinski definition) is 18. The van der Waals surface area contributed by atoms with Crippen molar-refractivity contribution in [2.75, 3.05) is 99.2 Å². The van der Waals surface area contributed by atoms with Crippen molar-refractivity contribution in [2.24, 2.45) is 10.8 Å². The summed E-state index contributed by atoms with van der Waals surface area (Å²) in [6.07, 6.45) is 26.3. The van der Waals surface area contributed by atoms with E-state index in [1.807, 2.05) is 31.1 Å². The molecular formula is C90H114BBrF2N16O8. The summed E-state index contributed by atoms with van der Waals surface area (Å²) in [4.78, 5) is 97.0. The van der Waals surface area contributed by atoms with Gasteiger partial charge in [0.15, 0.2) is 23.3 Å². The molecule has 4 amide bonds. The second-order valence-electron chi connectivity index (χ2n) is 37.1. The van der Waals surface area contributed by atoms with Crippen molar-refractivity contribution in [3.8, 4) is 11.3 Å². The second-order valence-corrected chi connectivity index (χ2v) is 37.9. The third-order valence-corrected chi connectivity index (χ3v) is 29.0. The maximum absolute atomic E-state index is 15.0. The Labute approximate surface area is 699 Å². The van der Waals surface area contributed by atoms with Crippen LogP contribution in [0.15, 0.2) is 103 Å². The maximum Gasteiger partial charge on any atom is 0.494 e. The van der Waals surface area contributed by atoms with E-state index < -0.39 is 46.2 Å². The molecule has 9 fully saturated rings. The molecule has 28 heteroatoms. The van der Waals surface area contributed by atoms with Gasteiger partial charge in [-0.2, -0.15) is 0 Å². The number of benzene rings is 2. The number of rotatable bonds is 14. The highest BCUT2D eigenvalue weighted by Crippen LogP contribution is 2.55. The standard InChI is InChI=1S/C42H51FN8O3.C34H50BN3O5.C14H13BrFN5/c1-27(2)50-26-45-35-24-34(47-38(37(35)50)46-33-9-14-44-25-32(33)43)28-7-8-31-36(21-28)51(30-22-29(23-30)48-15-5-4-6-16-48)40(53)42(31)10-17-49(18-11-42)39(52)41(3)12-19-54-20-13-41;1-31(2)32(3,4)43-35(42-31)24-9-10-27-28(21-24)38(26-22-25(23-26)36-15-7-6-8-16-36)30(40)34(27)11-17-37(18-12-34)29(39)33(5)13-19-41-20-14-33;1-8(2)21-7-18-11-5-12(15)20-14(13(11)21)19-10-3-4-17-6-9(10)16/h7-9,14,21,24-27,29-30H,4-6,10-13,15-20,22-23H2,1-3H3,(H,44,46,47);9-10,21,25-26H,6-8,11-20,22-23H2,1-5H3;3-8H,1-2H3,(H,17,19,20). The zero-order valence-corrected chi connectivity index (χ0v) is 71.7. The average Bonchev–Trinajstić information content (AvgIpc) is 1.56. The number of anilines is 6. The lowest BCUT2D eigenvalue weighted by Crippen LogP contribution is -2.59. The van der Waals surface area contributed by atoms with Crippen molar-refractivity contribution in [1.29, 1.82) is 0 Å². The Balaban J connectivity index is 0.000000138. The summed E-state index contributed by atoms with van der Waals surface area (Å²) in [6, 6.07) is 21.5. The number of amides is 4. The van der Waals surface area contributed by atoms with E-state index in [0.717, 1.165) is 126 Å². The highest BCUT2D eigenvalue weighted by molar-refractivity contribution is 9.10. The molecular weight excluding hydrogens is 1560 g/mol. The van der Waals surface area contributed by atoms with Crippen molar-refractivity contribution >= 4 is 109 Å². The summed E-state index contributed by atoms with van der Waals surface area (Å²) >= 11 is 3.35. The number of pyridine rings is 4. The summed E-state index contributed by atoms with van der Waals surface area (Å²) < 4.78 is 57.3. The van der Waals surface area contributed by atoms with E-state index in [0.29, 0.717) is 118 Å². The van der Waals surface area contributed by atoms with E-state index in [2.05, 4.69) is 172 Å². The number of likely N-dealkylation sites (tertiary alicyclic amines) is 4. The first-order chi connectivity index (χ1) is 56.6. The number of hydrogen-bond donors (Lipinski definition) is 2. The number of nitrogens with one attached hydrogen (secondary N) is 2. The van der Waals surface area contributed by atoms with Gasteiger partial charge in [-0.3, -0.25) is 29.1 Å². The summed E-state index contributed by atoms with van der Waals surface area (Å²) in [7, 11) is -0.467. The van der Waals surface area contributed by atoms with Gasteiger partial charge in [-0.1, -0.05) is 51.0 Å². The van der Waals surface area contributed by atoms with Gasteiger partial charge in [-0.15, -0.1) is 0 Å². The molecule has 9 aliphatic heterocycles. The maximum atomic E-state index is 15.0. The number of carbonyl (C=O) groups excluding carboxylic acids is 4. The molecule has 0 unspecified atom stereocenters. The van der Waals surface area contributed by atoms with Crippen LogP contribution in [0, 0.1) is 22.5 Å². The van der Waals surface area contributed by atoms with Crippen LogP contribution in [0.2, 0.25) is 0 Å². The number of imidazole rings is 2. The third-order valence-electron chi connectivity index (χ3n) is 28.6. The molecule has 2 aromatic carbocycles. The fourth-order valence-electron chi connectivity index (χ4n) is 20.3. The Morgan fingerprint density at radius 1 is 0.517 bits per heavy atom. The van der Waals surface area contributed by atoms with E-state index >= 15 is 0 Å². The van der Waals surface area contributed by atoms with E-state index in [1.165, 1.54) is 64.0 Å². The number of nitrogens with zero attached hydrogens (tertiary/aromatic N) is 14. The van der Waals surface area contributed by atoms with Crippen LogP contribution in [0.5, 0.6) is 0 Å². The van der Waals surface area contributed by atoms with Gasteiger partial charge in [0.2, 0.25) is 23.6 Å². The Bertz CT molecular complexity index is 5070. The molecule has 2 N–H and O–H groups in total. The summed E-state index contributed by atoms with van der Waals surface area (Å²) in [5, 5.41) is 6.26. The lowest BCUT2D eigenvalue weighted by Gasteiger charge is -2.48.